The SMILES string of the molecule is C(=NN(c1ccccc1)c1cccc2ccccc12)c1ccc2ccc3cccc4ccc1c2c34. The number of hydrogen-bond acceptors (Lipinski definition) is 2. The van der Waals surface area contributed by atoms with E-state index >= 15 is 0 Å². The minimum Gasteiger partial charge on any atom is -0.233 e. The lowest BCUT2D eigenvalue weighted by Gasteiger charge is -2.21. The number of nitrogens with zero attached hydrogens (tertiary/aromatic N) is 2. The van der Waals surface area contributed by atoms with Crippen LogP contribution in [-0.4, -0.2) is 6.21 Å². The van der Waals surface area contributed by atoms with Crippen molar-refractivity contribution in [1.29, 1.82) is 0 Å². The minimum absolute atomic E-state index is 1.03. The van der Waals surface area contributed by atoms with E-state index in [4.69, 9.17) is 5.10 Å². The van der Waals surface area contributed by atoms with Gasteiger partial charge in [0.2, 0.25) is 0 Å². The van der Waals surface area contributed by atoms with Gasteiger partial charge in [0.15, 0.2) is 0 Å². The van der Waals surface area contributed by atoms with Crippen molar-refractivity contribution in [2.45, 2.75) is 0 Å². The number of rotatable bonds is 4. The number of benzene rings is 7. The zero-order valence-corrected chi connectivity index (χ0v) is 19.1. The third-order valence-corrected chi connectivity index (χ3v) is 6.87. The molecular formula is C33H22N2. The van der Waals surface area contributed by atoms with Crippen molar-refractivity contribution in [3.63, 3.8) is 0 Å². The fraction of sp³-hybridized carbons (Fsp3) is 0. The quantitative estimate of drug-likeness (QED) is 0.150. The maximum absolute atomic E-state index is 5.08. The summed E-state index contributed by atoms with van der Waals surface area (Å²) in [5.41, 5.74) is 3.19. The number of hydrogen-bond donors (Lipinski definition) is 0. The summed E-state index contributed by atoms with van der Waals surface area (Å²) in [7, 11) is 0. The van der Waals surface area contributed by atoms with Crippen LogP contribution in [0.3, 0.4) is 0 Å². The first-order valence-electron chi connectivity index (χ1n) is 11.9. The van der Waals surface area contributed by atoms with Crippen molar-refractivity contribution in [3.05, 3.63) is 133 Å². The van der Waals surface area contributed by atoms with E-state index < -0.39 is 0 Å². The summed E-state index contributed by atoms with van der Waals surface area (Å²) < 4.78 is 0. The Kier molecular flexibility index (Phi) is 4.49. The van der Waals surface area contributed by atoms with Gasteiger partial charge in [0.25, 0.3) is 0 Å². The molecule has 0 heterocycles. The molecule has 7 aromatic carbocycles. The lowest BCUT2D eigenvalue weighted by molar-refractivity contribution is 1.10. The maximum atomic E-state index is 5.08. The van der Waals surface area contributed by atoms with Crippen LogP contribution >= 0.6 is 0 Å². The molecule has 0 saturated carbocycles. The summed E-state index contributed by atoms with van der Waals surface area (Å²) in [6.07, 6.45) is 2.00. The normalized spacial score (nSPS) is 11.9. The summed E-state index contributed by atoms with van der Waals surface area (Å²) in [6.45, 7) is 0. The molecule has 2 heteroatoms. The predicted molar refractivity (Wildman–Crippen MR) is 150 cm³/mol. The molecule has 164 valence electrons. The Morgan fingerprint density at radius 1 is 0.457 bits per heavy atom. The van der Waals surface area contributed by atoms with E-state index in [2.05, 4.69) is 121 Å². The van der Waals surface area contributed by atoms with E-state index in [-0.39, 0.29) is 0 Å². The summed E-state index contributed by atoms with van der Waals surface area (Å²) in [5.74, 6) is 0. The third-order valence-electron chi connectivity index (χ3n) is 6.87. The minimum atomic E-state index is 1.03. The highest BCUT2D eigenvalue weighted by atomic mass is 15.5. The zero-order chi connectivity index (χ0) is 23.2. The molecule has 0 fully saturated rings. The van der Waals surface area contributed by atoms with Crippen LogP contribution < -0.4 is 5.01 Å². The Morgan fingerprint density at radius 2 is 1.09 bits per heavy atom. The van der Waals surface area contributed by atoms with Crippen LogP contribution in [0.25, 0.3) is 43.1 Å². The average molecular weight is 447 g/mol. The first-order valence-corrected chi connectivity index (χ1v) is 11.9. The molecule has 0 aromatic heterocycles. The molecule has 2 nitrogen and oxygen atoms in total. The molecule has 0 aliphatic carbocycles. The van der Waals surface area contributed by atoms with Gasteiger partial charge in [-0.25, -0.2) is 5.01 Å². The molecule has 0 bridgehead atoms. The van der Waals surface area contributed by atoms with Gasteiger partial charge in [0.05, 0.1) is 17.6 Å². The molecule has 0 atom stereocenters. The van der Waals surface area contributed by atoms with E-state index in [0.29, 0.717) is 0 Å². The van der Waals surface area contributed by atoms with E-state index in [1.165, 1.54) is 43.1 Å². The Hall–Kier alpha value is -4.69. The number of para-hydroxylation sites is 1. The topological polar surface area (TPSA) is 15.6 Å². The number of fused-ring (bicyclic) bond motifs is 1. The van der Waals surface area contributed by atoms with Crippen molar-refractivity contribution in [2.75, 3.05) is 5.01 Å². The third kappa shape index (κ3) is 3.23. The van der Waals surface area contributed by atoms with Gasteiger partial charge in [-0.2, -0.15) is 5.10 Å². The van der Waals surface area contributed by atoms with Gasteiger partial charge in [0.1, 0.15) is 0 Å². The molecule has 0 unspecified atom stereocenters. The Balaban J connectivity index is 1.43. The zero-order valence-electron chi connectivity index (χ0n) is 19.1. The van der Waals surface area contributed by atoms with Crippen LogP contribution in [0.15, 0.2) is 132 Å². The molecule has 0 saturated heterocycles. The molecule has 0 N–H and O–H groups in total. The van der Waals surface area contributed by atoms with Gasteiger partial charge in [-0.05, 0) is 55.9 Å². The average Bonchev–Trinajstić information content (AvgIpc) is 2.93. The summed E-state index contributed by atoms with van der Waals surface area (Å²) in [6, 6.07) is 45.0. The summed E-state index contributed by atoms with van der Waals surface area (Å²) in [4.78, 5) is 0. The van der Waals surface area contributed by atoms with Crippen molar-refractivity contribution >= 4 is 60.7 Å². The van der Waals surface area contributed by atoms with Gasteiger partial charge < -0.3 is 0 Å². The maximum Gasteiger partial charge on any atom is 0.0730 e. The van der Waals surface area contributed by atoms with Crippen molar-refractivity contribution < 1.29 is 0 Å². The van der Waals surface area contributed by atoms with E-state index in [1.807, 2.05) is 17.3 Å². The van der Waals surface area contributed by atoms with Crippen LogP contribution in [0.5, 0.6) is 0 Å². The Morgan fingerprint density at radius 3 is 1.94 bits per heavy atom. The van der Waals surface area contributed by atoms with Crippen LogP contribution in [-0.2, 0) is 0 Å². The van der Waals surface area contributed by atoms with Crippen molar-refractivity contribution in [2.24, 2.45) is 5.10 Å². The molecule has 7 rings (SSSR count). The van der Waals surface area contributed by atoms with Gasteiger partial charge in [-0.15, -0.1) is 0 Å². The molecule has 0 aliphatic rings. The summed E-state index contributed by atoms with van der Waals surface area (Å²) >= 11 is 0. The van der Waals surface area contributed by atoms with E-state index in [0.717, 1.165) is 16.9 Å². The monoisotopic (exact) mass is 446 g/mol. The molecule has 35 heavy (non-hydrogen) atoms. The Labute approximate surface area is 203 Å². The van der Waals surface area contributed by atoms with E-state index in [9.17, 15) is 0 Å². The molecule has 0 radical (unpaired) electrons. The fourth-order valence-corrected chi connectivity index (χ4v) is 5.22. The fourth-order valence-electron chi connectivity index (χ4n) is 5.22. The van der Waals surface area contributed by atoms with Gasteiger partial charge in [-0.3, -0.25) is 0 Å². The summed E-state index contributed by atoms with van der Waals surface area (Å²) in [5, 5.41) is 17.2. The van der Waals surface area contributed by atoms with Crippen LogP contribution in [0.2, 0.25) is 0 Å². The van der Waals surface area contributed by atoms with Crippen molar-refractivity contribution in [3.8, 4) is 0 Å². The van der Waals surface area contributed by atoms with Crippen molar-refractivity contribution in [1.82, 2.24) is 0 Å². The van der Waals surface area contributed by atoms with Gasteiger partial charge >= 0.3 is 0 Å². The van der Waals surface area contributed by atoms with Gasteiger partial charge in [-0.1, -0.05) is 109 Å². The lowest BCUT2D eigenvalue weighted by Crippen LogP contribution is -2.10. The van der Waals surface area contributed by atoms with Gasteiger partial charge in [0, 0.05) is 10.9 Å². The van der Waals surface area contributed by atoms with Crippen LogP contribution in [0.1, 0.15) is 5.56 Å². The van der Waals surface area contributed by atoms with E-state index in [1.54, 1.807) is 0 Å². The molecule has 0 amide bonds. The first-order chi connectivity index (χ1) is 17.4. The highest BCUT2D eigenvalue weighted by Gasteiger charge is 2.13. The Bertz CT molecular complexity index is 1830. The second-order valence-electron chi connectivity index (χ2n) is 8.90. The molecule has 0 aliphatic heterocycles. The second kappa shape index (κ2) is 7.96. The van der Waals surface area contributed by atoms with Crippen LogP contribution in [0.4, 0.5) is 11.4 Å². The standard InChI is InChI=1S/C33H22N2/c1-2-12-28(13-3-1)35(31-15-7-9-23-8-4-5-14-29(23)31)34-22-27-19-18-26-17-16-24-10-6-11-25-20-21-30(27)33(26)32(24)25/h1-22H. The first kappa shape index (κ1) is 19.7. The highest BCUT2D eigenvalue weighted by Crippen LogP contribution is 2.36. The lowest BCUT2D eigenvalue weighted by atomic mass is 9.92. The molecular weight excluding hydrogens is 424 g/mol. The smallest absolute Gasteiger partial charge is 0.0730 e. The number of anilines is 2. The largest absolute Gasteiger partial charge is 0.233 e. The van der Waals surface area contributed by atoms with Crippen LogP contribution in [0, 0.1) is 0 Å². The second-order valence-corrected chi connectivity index (χ2v) is 8.90. The molecule has 7 aromatic rings. The molecule has 0 spiro atoms. The predicted octanol–water partition coefficient (Wildman–Crippen LogP) is 8.91. The number of hydrazone groups is 1. The highest BCUT2D eigenvalue weighted by molar-refractivity contribution is 6.25.